The maximum atomic E-state index is 6.00. The number of likely N-dealkylation sites (tertiary alicyclic amines) is 1. The Bertz CT molecular complexity index is 839. The number of rotatable bonds is 3. The molecule has 0 N–H and O–H groups in total. The third-order valence-corrected chi connectivity index (χ3v) is 7.42. The third kappa shape index (κ3) is 2.66. The number of hydrogen-bond donors (Lipinski definition) is 0. The standard InChI is InChI=1S/C22H29N3O2/c1-14-8-15-10-23-25(21-4-2-3-6-27-21)20(15)9-17(14)22-18-11-24(12-19(18)22)16-5-7-26-13-16/h8-10,16,18-19,21-22H,2-7,11-13H2,1H3. The third-order valence-electron chi connectivity index (χ3n) is 7.42. The van der Waals surface area contributed by atoms with Crippen molar-refractivity contribution in [3.05, 3.63) is 29.5 Å². The number of fused-ring (bicyclic) bond motifs is 2. The van der Waals surface area contributed by atoms with Gasteiger partial charge in [0.1, 0.15) is 0 Å². The molecule has 5 heteroatoms. The van der Waals surface area contributed by atoms with Gasteiger partial charge in [-0.25, -0.2) is 4.68 Å². The first-order valence-corrected chi connectivity index (χ1v) is 10.7. The largest absolute Gasteiger partial charge is 0.380 e. The summed E-state index contributed by atoms with van der Waals surface area (Å²) in [6, 6.07) is 5.45. The molecular formula is C22H29N3O2. The van der Waals surface area contributed by atoms with Crippen LogP contribution >= 0.6 is 0 Å². The van der Waals surface area contributed by atoms with Crippen LogP contribution in [0.1, 0.15) is 49.0 Å². The summed E-state index contributed by atoms with van der Waals surface area (Å²) in [5.74, 6) is 2.41. The van der Waals surface area contributed by atoms with E-state index in [-0.39, 0.29) is 6.23 Å². The lowest BCUT2D eigenvalue weighted by atomic mass is 9.99. The van der Waals surface area contributed by atoms with Crippen molar-refractivity contribution >= 4 is 10.9 Å². The number of aryl methyl sites for hydroxylation is 1. The minimum absolute atomic E-state index is 0.114. The quantitative estimate of drug-likeness (QED) is 0.833. The van der Waals surface area contributed by atoms with Crippen molar-refractivity contribution < 1.29 is 9.47 Å². The van der Waals surface area contributed by atoms with Crippen molar-refractivity contribution in [1.82, 2.24) is 14.7 Å². The molecule has 27 heavy (non-hydrogen) atoms. The highest BCUT2D eigenvalue weighted by Crippen LogP contribution is 2.59. The molecule has 5 nitrogen and oxygen atoms in total. The molecule has 4 atom stereocenters. The minimum Gasteiger partial charge on any atom is -0.380 e. The van der Waals surface area contributed by atoms with Gasteiger partial charge in [0, 0.05) is 37.7 Å². The van der Waals surface area contributed by atoms with Gasteiger partial charge >= 0.3 is 0 Å². The first-order chi connectivity index (χ1) is 13.3. The van der Waals surface area contributed by atoms with E-state index < -0.39 is 0 Å². The van der Waals surface area contributed by atoms with Crippen molar-refractivity contribution in [2.75, 3.05) is 32.9 Å². The Balaban J connectivity index is 1.26. The van der Waals surface area contributed by atoms with Crippen LogP contribution in [0, 0.1) is 18.8 Å². The number of aromatic nitrogens is 2. The summed E-state index contributed by atoms with van der Waals surface area (Å²) < 4.78 is 13.7. The van der Waals surface area contributed by atoms with Crippen molar-refractivity contribution in [2.24, 2.45) is 11.8 Å². The van der Waals surface area contributed by atoms with Gasteiger partial charge in [0.2, 0.25) is 0 Å². The number of piperidine rings is 1. The molecule has 1 aliphatic carbocycles. The summed E-state index contributed by atoms with van der Waals surface area (Å²) in [7, 11) is 0. The molecule has 0 amide bonds. The zero-order chi connectivity index (χ0) is 18.0. The first kappa shape index (κ1) is 16.5. The summed E-state index contributed by atoms with van der Waals surface area (Å²) in [4.78, 5) is 2.69. The highest BCUT2D eigenvalue weighted by atomic mass is 16.5. The molecule has 0 radical (unpaired) electrons. The number of ether oxygens (including phenoxy) is 2. The molecule has 0 spiro atoms. The lowest BCUT2D eigenvalue weighted by molar-refractivity contribution is -0.0366. The monoisotopic (exact) mass is 367 g/mol. The van der Waals surface area contributed by atoms with Gasteiger partial charge in [0.25, 0.3) is 0 Å². The normalized spacial score (nSPS) is 36.4. The molecule has 1 aromatic heterocycles. The van der Waals surface area contributed by atoms with E-state index in [4.69, 9.17) is 9.47 Å². The Morgan fingerprint density at radius 1 is 1.07 bits per heavy atom. The van der Waals surface area contributed by atoms with E-state index in [0.717, 1.165) is 44.0 Å². The van der Waals surface area contributed by atoms with Crippen LogP contribution in [0.2, 0.25) is 0 Å². The number of benzene rings is 1. The Kier molecular flexibility index (Phi) is 3.85. The predicted octanol–water partition coefficient (Wildman–Crippen LogP) is 3.48. The van der Waals surface area contributed by atoms with Gasteiger partial charge in [-0.05, 0) is 73.6 Å². The zero-order valence-corrected chi connectivity index (χ0v) is 16.1. The van der Waals surface area contributed by atoms with Gasteiger partial charge in [-0.15, -0.1) is 0 Å². The molecule has 4 fully saturated rings. The van der Waals surface area contributed by atoms with E-state index in [1.165, 1.54) is 48.8 Å². The minimum atomic E-state index is 0.114. The van der Waals surface area contributed by atoms with Crippen LogP contribution in [0.5, 0.6) is 0 Å². The fourth-order valence-electron chi connectivity index (χ4n) is 5.86. The van der Waals surface area contributed by atoms with Crippen molar-refractivity contribution in [2.45, 2.75) is 50.8 Å². The lowest BCUT2D eigenvalue weighted by Gasteiger charge is -2.26. The van der Waals surface area contributed by atoms with Gasteiger partial charge in [0.15, 0.2) is 6.23 Å². The van der Waals surface area contributed by atoms with E-state index in [9.17, 15) is 0 Å². The van der Waals surface area contributed by atoms with Crippen LogP contribution in [0.3, 0.4) is 0 Å². The van der Waals surface area contributed by atoms with Crippen molar-refractivity contribution in [3.8, 4) is 0 Å². The molecule has 6 rings (SSSR count). The van der Waals surface area contributed by atoms with Gasteiger partial charge in [0.05, 0.1) is 18.3 Å². The van der Waals surface area contributed by atoms with Crippen molar-refractivity contribution in [1.29, 1.82) is 0 Å². The Hall–Kier alpha value is -1.43. The summed E-state index contributed by atoms with van der Waals surface area (Å²) in [5, 5.41) is 5.94. The summed E-state index contributed by atoms with van der Waals surface area (Å²) >= 11 is 0. The Morgan fingerprint density at radius 2 is 1.96 bits per heavy atom. The molecule has 2 aromatic rings. The van der Waals surface area contributed by atoms with Gasteiger partial charge in [-0.3, -0.25) is 4.90 Å². The van der Waals surface area contributed by atoms with E-state index in [0.29, 0.717) is 6.04 Å². The van der Waals surface area contributed by atoms with Crippen molar-refractivity contribution in [3.63, 3.8) is 0 Å². The second-order valence-electron chi connectivity index (χ2n) is 9.00. The average molecular weight is 367 g/mol. The summed E-state index contributed by atoms with van der Waals surface area (Å²) in [5.41, 5.74) is 4.24. The molecule has 4 heterocycles. The number of hydrogen-bond acceptors (Lipinski definition) is 4. The second-order valence-corrected chi connectivity index (χ2v) is 9.00. The molecule has 1 aromatic carbocycles. The van der Waals surface area contributed by atoms with Gasteiger partial charge in [-0.1, -0.05) is 0 Å². The fourth-order valence-corrected chi connectivity index (χ4v) is 5.86. The molecule has 4 aliphatic rings. The van der Waals surface area contributed by atoms with Crippen LogP contribution in [0.4, 0.5) is 0 Å². The van der Waals surface area contributed by atoms with E-state index in [1.54, 1.807) is 5.56 Å². The van der Waals surface area contributed by atoms with E-state index in [1.807, 2.05) is 6.20 Å². The van der Waals surface area contributed by atoms with Crippen LogP contribution in [-0.4, -0.2) is 53.6 Å². The van der Waals surface area contributed by atoms with Crippen LogP contribution in [0.15, 0.2) is 18.3 Å². The smallest absolute Gasteiger partial charge is 0.150 e. The second kappa shape index (κ2) is 6.29. The maximum Gasteiger partial charge on any atom is 0.150 e. The van der Waals surface area contributed by atoms with Gasteiger partial charge in [-0.2, -0.15) is 5.10 Å². The van der Waals surface area contributed by atoms with Crippen LogP contribution in [0.25, 0.3) is 10.9 Å². The average Bonchev–Trinajstić information content (AvgIpc) is 3.20. The molecule has 1 saturated carbocycles. The molecular weight excluding hydrogens is 338 g/mol. The molecule has 3 saturated heterocycles. The van der Waals surface area contributed by atoms with E-state index in [2.05, 4.69) is 33.7 Å². The summed E-state index contributed by atoms with van der Waals surface area (Å²) in [6.07, 6.45) is 6.83. The topological polar surface area (TPSA) is 39.5 Å². The predicted molar refractivity (Wildman–Crippen MR) is 104 cm³/mol. The first-order valence-electron chi connectivity index (χ1n) is 10.7. The summed E-state index contributed by atoms with van der Waals surface area (Å²) in [6.45, 7) is 7.54. The highest BCUT2D eigenvalue weighted by molar-refractivity contribution is 5.81. The Morgan fingerprint density at radius 3 is 2.70 bits per heavy atom. The van der Waals surface area contributed by atoms with Crippen LogP contribution < -0.4 is 0 Å². The number of nitrogens with zero attached hydrogens (tertiary/aromatic N) is 3. The van der Waals surface area contributed by atoms with Gasteiger partial charge < -0.3 is 9.47 Å². The zero-order valence-electron chi connectivity index (χ0n) is 16.1. The molecule has 3 aliphatic heterocycles. The maximum absolute atomic E-state index is 6.00. The Labute approximate surface area is 160 Å². The molecule has 0 bridgehead atoms. The molecule has 4 unspecified atom stereocenters. The lowest BCUT2D eigenvalue weighted by Crippen LogP contribution is -2.35. The fraction of sp³-hybridized carbons (Fsp3) is 0.682. The highest BCUT2D eigenvalue weighted by Gasteiger charge is 2.57. The van der Waals surface area contributed by atoms with Crippen LogP contribution in [-0.2, 0) is 9.47 Å². The van der Waals surface area contributed by atoms with E-state index >= 15 is 0 Å². The molecule has 144 valence electrons. The SMILES string of the molecule is Cc1cc2cnn(C3CCCCO3)c2cc1C1C2CN(C3CCOC3)CC21.